The number of carbonyl (C=O) groups is 2. The van der Waals surface area contributed by atoms with E-state index in [-0.39, 0.29) is 0 Å². The van der Waals surface area contributed by atoms with Crippen molar-refractivity contribution in [2.45, 2.75) is 59.4 Å². The van der Waals surface area contributed by atoms with Crippen LogP contribution in [0.2, 0.25) is 0 Å². The lowest BCUT2D eigenvalue weighted by atomic mass is 9.87. The van der Waals surface area contributed by atoms with E-state index in [9.17, 15) is 14.4 Å². The Kier molecular flexibility index (Phi) is 6.06. The zero-order chi connectivity index (χ0) is 22.9. The molecule has 0 saturated heterocycles. The molecule has 0 spiro atoms. The number of benzene rings is 1. The van der Waals surface area contributed by atoms with E-state index in [0.29, 0.717) is 33.4 Å². The molecule has 1 aliphatic heterocycles. The van der Waals surface area contributed by atoms with E-state index >= 15 is 0 Å². The molecule has 0 aliphatic carbocycles. The summed E-state index contributed by atoms with van der Waals surface area (Å²) in [5.41, 5.74) is 0.200. The lowest BCUT2D eigenvalue weighted by Gasteiger charge is -2.43. The van der Waals surface area contributed by atoms with Crippen LogP contribution in [0.15, 0.2) is 56.8 Å². The third kappa shape index (κ3) is 4.40. The van der Waals surface area contributed by atoms with E-state index in [4.69, 9.17) is 18.6 Å². The summed E-state index contributed by atoms with van der Waals surface area (Å²) in [5, 5.41) is 0.625. The molecule has 1 aliphatic rings. The Morgan fingerprint density at radius 1 is 1.00 bits per heavy atom. The van der Waals surface area contributed by atoms with Crippen LogP contribution in [0.5, 0.6) is 5.75 Å². The summed E-state index contributed by atoms with van der Waals surface area (Å²) in [6.07, 6.45) is 1.46. The van der Waals surface area contributed by atoms with E-state index in [1.54, 1.807) is 71.9 Å². The van der Waals surface area contributed by atoms with Gasteiger partial charge in [-0.15, -0.1) is 0 Å². The fourth-order valence-electron chi connectivity index (χ4n) is 3.28. The van der Waals surface area contributed by atoms with Crippen molar-refractivity contribution in [1.29, 1.82) is 0 Å². The van der Waals surface area contributed by atoms with E-state index in [1.807, 2.05) is 0 Å². The fourth-order valence-corrected chi connectivity index (χ4v) is 3.28. The van der Waals surface area contributed by atoms with Gasteiger partial charge >= 0.3 is 17.6 Å². The van der Waals surface area contributed by atoms with E-state index in [0.717, 1.165) is 0 Å². The van der Waals surface area contributed by atoms with Crippen molar-refractivity contribution in [2.24, 2.45) is 0 Å². The molecule has 0 unspecified atom stereocenters. The Labute approximate surface area is 180 Å². The highest BCUT2D eigenvalue weighted by Crippen LogP contribution is 2.45. The number of fused-ring (bicyclic) bond motifs is 2. The minimum absolute atomic E-state index is 0.344. The predicted molar refractivity (Wildman–Crippen MR) is 115 cm³/mol. The van der Waals surface area contributed by atoms with Gasteiger partial charge in [0.1, 0.15) is 16.9 Å². The van der Waals surface area contributed by atoms with Gasteiger partial charge in [0.15, 0.2) is 12.2 Å². The number of hydrogen-bond donors (Lipinski definition) is 0. The molecule has 0 radical (unpaired) electrons. The van der Waals surface area contributed by atoms with Crippen molar-refractivity contribution in [3.63, 3.8) is 0 Å². The second kappa shape index (κ2) is 8.41. The normalized spacial score (nSPS) is 20.6. The number of esters is 2. The lowest BCUT2D eigenvalue weighted by molar-refractivity contribution is -0.185. The monoisotopic (exact) mass is 426 g/mol. The van der Waals surface area contributed by atoms with Crippen LogP contribution < -0.4 is 10.4 Å². The largest absolute Gasteiger partial charge is 0.483 e. The van der Waals surface area contributed by atoms with Gasteiger partial charge in [-0.25, -0.2) is 14.4 Å². The van der Waals surface area contributed by atoms with Gasteiger partial charge in [0.25, 0.3) is 0 Å². The van der Waals surface area contributed by atoms with Gasteiger partial charge in [0, 0.05) is 34.2 Å². The highest BCUT2D eigenvalue weighted by Gasteiger charge is 2.49. The van der Waals surface area contributed by atoms with Crippen LogP contribution in [0.1, 0.15) is 53.2 Å². The van der Waals surface area contributed by atoms with Gasteiger partial charge in [0.2, 0.25) is 0 Å². The maximum Gasteiger partial charge on any atom is 0.336 e. The summed E-state index contributed by atoms with van der Waals surface area (Å²) >= 11 is 0. The van der Waals surface area contributed by atoms with Gasteiger partial charge in [0.05, 0.1) is 0 Å². The van der Waals surface area contributed by atoms with Gasteiger partial charge in [-0.1, -0.05) is 12.2 Å². The highest BCUT2D eigenvalue weighted by atomic mass is 16.6. The quantitative estimate of drug-likeness (QED) is 0.407. The molecular formula is C24H26O7. The fraction of sp³-hybridized carbons (Fsp3) is 0.375. The summed E-state index contributed by atoms with van der Waals surface area (Å²) < 4.78 is 23.0. The van der Waals surface area contributed by atoms with Crippen LogP contribution in [0.3, 0.4) is 0 Å². The minimum atomic E-state index is -1.03. The molecule has 0 bridgehead atoms. The Balaban J connectivity index is 2.16. The molecule has 2 heterocycles. The molecule has 0 saturated carbocycles. The molecule has 1 aromatic heterocycles. The summed E-state index contributed by atoms with van der Waals surface area (Å²) in [4.78, 5) is 36.8. The Bertz CT molecular complexity index is 1150. The molecule has 7 heteroatoms. The standard InChI is InChI=1S/C24H26O7/c1-7-13(3)22(26)29-20-16-11-15-9-10-19(25)28-17(15)12-18(16)31-24(5,6)21(20)30-23(27)14(4)8-2/h7-12,20-21H,1-6H3/b13-7-,14-8-/t20-,21+/m1/s1. The van der Waals surface area contributed by atoms with Crippen LogP contribution in [-0.2, 0) is 19.1 Å². The van der Waals surface area contributed by atoms with Crippen LogP contribution in [-0.4, -0.2) is 23.6 Å². The van der Waals surface area contributed by atoms with E-state index in [2.05, 4.69) is 0 Å². The second-order valence-corrected chi connectivity index (χ2v) is 7.98. The zero-order valence-electron chi connectivity index (χ0n) is 18.5. The second-order valence-electron chi connectivity index (χ2n) is 7.98. The first-order valence-electron chi connectivity index (χ1n) is 10.0. The first-order valence-corrected chi connectivity index (χ1v) is 10.0. The number of ether oxygens (including phenoxy) is 3. The SMILES string of the molecule is C/C=C(/C)C(=O)O[C@@H]1c2cc3ccc(=O)oc3cc2OC(C)(C)[C@H]1OC(=O)/C(C)=C\C. The van der Waals surface area contributed by atoms with Crippen molar-refractivity contribution in [3.05, 3.63) is 63.5 Å². The zero-order valence-corrected chi connectivity index (χ0v) is 18.5. The molecule has 1 aromatic carbocycles. The average molecular weight is 426 g/mol. The summed E-state index contributed by atoms with van der Waals surface area (Å²) in [6, 6.07) is 6.23. The molecule has 7 nitrogen and oxygen atoms in total. The highest BCUT2D eigenvalue weighted by molar-refractivity contribution is 5.89. The Morgan fingerprint density at radius 3 is 2.23 bits per heavy atom. The van der Waals surface area contributed by atoms with Crippen LogP contribution in [0.25, 0.3) is 11.0 Å². The molecule has 164 valence electrons. The van der Waals surface area contributed by atoms with E-state index < -0.39 is 35.4 Å². The number of carbonyl (C=O) groups excluding carboxylic acids is 2. The molecule has 0 N–H and O–H groups in total. The van der Waals surface area contributed by atoms with Crippen LogP contribution in [0.4, 0.5) is 0 Å². The Morgan fingerprint density at radius 2 is 1.61 bits per heavy atom. The van der Waals surface area contributed by atoms with Crippen LogP contribution in [0, 0.1) is 0 Å². The topological polar surface area (TPSA) is 92.0 Å². The summed E-state index contributed by atoms with van der Waals surface area (Å²) in [6.45, 7) is 10.3. The van der Waals surface area contributed by atoms with E-state index in [1.165, 1.54) is 6.07 Å². The maximum atomic E-state index is 12.6. The third-order valence-corrected chi connectivity index (χ3v) is 5.37. The molecule has 0 amide bonds. The molecule has 2 aromatic rings. The van der Waals surface area contributed by atoms with Crippen molar-refractivity contribution in [2.75, 3.05) is 0 Å². The first-order chi connectivity index (χ1) is 14.6. The van der Waals surface area contributed by atoms with Crippen molar-refractivity contribution >= 4 is 22.9 Å². The Hall–Kier alpha value is -3.35. The third-order valence-electron chi connectivity index (χ3n) is 5.37. The molecular weight excluding hydrogens is 400 g/mol. The molecule has 2 atom stereocenters. The van der Waals surface area contributed by atoms with Crippen molar-refractivity contribution in [3.8, 4) is 5.75 Å². The predicted octanol–water partition coefficient (Wildman–Crippen LogP) is 4.39. The van der Waals surface area contributed by atoms with Gasteiger partial charge in [-0.2, -0.15) is 0 Å². The van der Waals surface area contributed by atoms with Crippen LogP contribution >= 0.6 is 0 Å². The molecule has 3 rings (SSSR count). The minimum Gasteiger partial charge on any atom is -0.483 e. The molecule has 0 fully saturated rings. The van der Waals surface area contributed by atoms with Gasteiger partial charge in [-0.3, -0.25) is 0 Å². The average Bonchev–Trinajstić information content (AvgIpc) is 2.73. The number of allylic oxidation sites excluding steroid dienone is 2. The molecule has 31 heavy (non-hydrogen) atoms. The van der Waals surface area contributed by atoms with Crippen molar-refractivity contribution in [1.82, 2.24) is 0 Å². The first kappa shape index (κ1) is 22.3. The van der Waals surface area contributed by atoms with Gasteiger partial charge < -0.3 is 18.6 Å². The van der Waals surface area contributed by atoms with Crippen molar-refractivity contribution < 1.29 is 28.2 Å². The lowest BCUT2D eigenvalue weighted by Crippen LogP contribution is -2.52. The number of rotatable bonds is 4. The number of hydrogen-bond acceptors (Lipinski definition) is 7. The smallest absolute Gasteiger partial charge is 0.336 e. The summed E-state index contributed by atoms with van der Waals surface area (Å²) in [5.74, 6) is -0.666. The summed E-state index contributed by atoms with van der Waals surface area (Å²) in [7, 11) is 0. The van der Waals surface area contributed by atoms with Gasteiger partial charge in [-0.05, 0) is 53.7 Å². The maximum absolute atomic E-state index is 12.6.